The first kappa shape index (κ1) is 15.7. The van der Waals surface area contributed by atoms with Crippen LogP contribution in [0.4, 0.5) is 11.6 Å². The van der Waals surface area contributed by atoms with Crippen molar-refractivity contribution in [1.82, 2.24) is 15.3 Å². The summed E-state index contributed by atoms with van der Waals surface area (Å²) < 4.78 is 0. The molecule has 2 saturated heterocycles. The lowest BCUT2D eigenvalue weighted by Crippen LogP contribution is -2.47. The largest absolute Gasteiger partial charge is 0.358 e. The van der Waals surface area contributed by atoms with E-state index in [1.165, 1.54) is 12.8 Å². The fourth-order valence-electron chi connectivity index (χ4n) is 3.04. The van der Waals surface area contributed by atoms with Crippen molar-refractivity contribution < 1.29 is 9.59 Å². The maximum Gasteiger partial charge on any atom is 0.249 e. The van der Waals surface area contributed by atoms with Crippen molar-refractivity contribution in [3.8, 4) is 0 Å². The number of nitrogens with one attached hydrogen (secondary N) is 2. The Morgan fingerprint density at radius 2 is 1.96 bits per heavy atom. The number of amides is 2. The molecule has 7 heteroatoms. The first-order chi connectivity index (χ1) is 11.0. The Morgan fingerprint density at radius 1 is 1.22 bits per heavy atom. The predicted octanol–water partition coefficient (Wildman–Crippen LogP) is 1.24. The number of carbonyl (C=O) groups is 2. The van der Waals surface area contributed by atoms with Crippen molar-refractivity contribution in [2.24, 2.45) is 5.92 Å². The number of aromatic nitrogens is 2. The molecule has 2 aliphatic rings. The van der Waals surface area contributed by atoms with E-state index in [9.17, 15) is 9.59 Å². The average Bonchev–Trinajstić information content (AvgIpc) is 2.50. The summed E-state index contributed by atoms with van der Waals surface area (Å²) in [5.41, 5.74) is 0. The van der Waals surface area contributed by atoms with E-state index in [4.69, 9.17) is 0 Å². The van der Waals surface area contributed by atoms with Gasteiger partial charge in [0.2, 0.25) is 11.8 Å². The van der Waals surface area contributed by atoms with Crippen LogP contribution in [0, 0.1) is 12.8 Å². The molecule has 0 aliphatic carbocycles. The molecule has 0 saturated carbocycles. The zero-order chi connectivity index (χ0) is 16.4. The second kappa shape index (κ2) is 6.52. The van der Waals surface area contributed by atoms with Crippen LogP contribution < -0.4 is 15.5 Å². The molecule has 3 heterocycles. The summed E-state index contributed by atoms with van der Waals surface area (Å²) in [5, 5.41) is 5.49. The van der Waals surface area contributed by atoms with E-state index in [2.05, 4.69) is 32.4 Å². The van der Waals surface area contributed by atoms with Gasteiger partial charge in [-0.1, -0.05) is 6.92 Å². The number of anilines is 2. The maximum atomic E-state index is 11.9. The van der Waals surface area contributed by atoms with E-state index >= 15 is 0 Å². The van der Waals surface area contributed by atoms with E-state index < -0.39 is 6.04 Å². The minimum atomic E-state index is -0.420. The van der Waals surface area contributed by atoms with E-state index in [0.717, 1.165) is 24.8 Å². The maximum absolute atomic E-state index is 11.9. The molecule has 7 nitrogen and oxygen atoms in total. The summed E-state index contributed by atoms with van der Waals surface area (Å²) in [6.07, 6.45) is 3.17. The van der Waals surface area contributed by atoms with Crippen molar-refractivity contribution in [1.29, 1.82) is 0 Å². The Morgan fingerprint density at radius 3 is 2.65 bits per heavy atom. The second-order valence-corrected chi connectivity index (χ2v) is 6.48. The highest BCUT2D eigenvalue weighted by molar-refractivity contribution is 6.01. The van der Waals surface area contributed by atoms with Gasteiger partial charge >= 0.3 is 0 Å². The molecule has 1 unspecified atom stereocenters. The van der Waals surface area contributed by atoms with Crippen LogP contribution in [-0.2, 0) is 9.59 Å². The monoisotopic (exact) mass is 317 g/mol. The first-order valence-corrected chi connectivity index (χ1v) is 8.22. The molecule has 2 amide bonds. The molecular formula is C16H23N5O2. The number of carbonyl (C=O) groups excluding carboxylic acids is 2. The van der Waals surface area contributed by atoms with Gasteiger partial charge in [-0.3, -0.25) is 14.9 Å². The highest BCUT2D eigenvalue weighted by Gasteiger charge is 2.27. The number of piperidine rings is 2. The first-order valence-electron chi connectivity index (χ1n) is 8.22. The molecule has 0 aromatic carbocycles. The Labute approximate surface area is 135 Å². The van der Waals surface area contributed by atoms with E-state index in [1.807, 2.05) is 13.0 Å². The summed E-state index contributed by atoms with van der Waals surface area (Å²) in [5.74, 6) is 2.48. The number of imide groups is 1. The normalized spacial score (nSPS) is 22.9. The van der Waals surface area contributed by atoms with Gasteiger partial charge in [0.25, 0.3) is 0 Å². The Balaban J connectivity index is 1.73. The zero-order valence-electron chi connectivity index (χ0n) is 13.6. The average molecular weight is 317 g/mol. The summed E-state index contributed by atoms with van der Waals surface area (Å²) in [6, 6.07) is 1.48. The number of aryl methyl sites for hydroxylation is 1. The van der Waals surface area contributed by atoms with Crippen LogP contribution in [0.5, 0.6) is 0 Å². The lowest BCUT2D eigenvalue weighted by Gasteiger charge is -2.31. The van der Waals surface area contributed by atoms with E-state index in [-0.39, 0.29) is 11.8 Å². The molecule has 0 bridgehead atoms. The molecule has 1 atom stereocenters. The molecule has 0 spiro atoms. The topological polar surface area (TPSA) is 87.2 Å². The standard InChI is InChI=1S/C16H23N5O2/c1-10-5-7-21(8-6-10)14-9-13(17-11(2)18-14)19-12-3-4-15(22)20-16(12)23/h9-10,12H,3-8H2,1-2H3,(H,17,18,19)(H,20,22,23). The van der Waals surface area contributed by atoms with Gasteiger partial charge in [0.15, 0.2) is 0 Å². The third-order valence-corrected chi connectivity index (χ3v) is 4.49. The molecule has 124 valence electrons. The summed E-state index contributed by atoms with van der Waals surface area (Å²) in [7, 11) is 0. The van der Waals surface area contributed by atoms with Gasteiger partial charge in [0, 0.05) is 25.6 Å². The summed E-state index contributed by atoms with van der Waals surface area (Å²) in [4.78, 5) is 34.3. The molecule has 1 aromatic rings. The minimum Gasteiger partial charge on any atom is -0.358 e. The Kier molecular flexibility index (Phi) is 4.45. The number of hydrogen-bond donors (Lipinski definition) is 2. The Hall–Kier alpha value is -2.18. The molecule has 2 aliphatic heterocycles. The predicted molar refractivity (Wildman–Crippen MR) is 87.2 cm³/mol. The lowest BCUT2D eigenvalue weighted by molar-refractivity contribution is -0.133. The molecule has 2 fully saturated rings. The minimum absolute atomic E-state index is 0.213. The van der Waals surface area contributed by atoms with Crippen LogP contribution in [0.2, 0.25) is 0 Å². The van der Waals surface area contributed by atoms with Gasteiger partial charge in [-0.15, -0.1) is 0 Å². The van der Waals surface area contributed by atoms with Crippen LogP contribution in [-0.4, -0.2) is 40.9 Å². The van der Waals surface area contributed by atoms with Gasteiger partial charge in [-0.25, -0.2) is 9.97 Å². The van der Waals surface area contributed by atoms with Crippen LogP contribution in [0.1, 0.15) is 38.4 Å². The number of nitrogens with zero attached hydrogens (tertiary/aromatic N) is 3. The number of hydrogen-bond acceptors (Lipinski definition) is 6. The van der Waals surface area contributed by atoms with Crippen LogP contribution >= 0.6 is 0 Å². The third-order valence-electron chi connectivity index (χ3n) is 4.49. The van der Waals surface area contributed by atoms with Crippen molar-refractivity contribution in [3.63, 3.8) is 0 Å². The highest BCUT2D eigenvalue weighted by atomic mass is 16.2. The highest BCUT2D eigenvalue weighted by Crippen LogP contribution is 2.23. The van der Waals surface area contributed by atoms with Gasteiger partial charge < -0.3 is 10.2 Å². The Bertz CT molecular complexity index is 610. The zero-order valence-corrected chi connectivity index (χ0v) is 13.6. The van der Waals surface area contributed by atoms with Crippen molar-refractivity contribution >= 4 is 23.5 Å². The van der Waals surface area contributed by atoms with Gasteiger partial charge in [-0.05, 0) is 32.1 Å². The smallest absolute Gasteiger partial charge is 0.249 e. The van der Waals surface area contributed by atoms with Gasteiger partial charge in [0.1, 0.15) is 23.5 Å². The van der Waals surface area contributed by atoms with Crippen LogP contribution in [0.15, 0.2) is 6.07 Å². The third kappa shape index (κ3) is 3.78. The van der Waals surface area contributed by atoms with Crippen LogP contribution in [0.25, 0.3) is 0 Å². The van der Waals surface area contributed by atoms with E-state index in [0.29, 0.717) is 24.5 Å². The van der Waals surface area contributed by atoms with Crippen LogP contribution in [0.3, 0.4) is 0 Å². The van der Waals surface area contributed by atoms with Gasteiger partial charge in [-0.2, -0.15) is 0 Å². The molecular weight excluding hydrogens is 294 g/mol. The van der Waals surface area contributed by atoms with E-state index in [1.54, 1.807) is 0 Å². The fourth-order valence-corrected chi connectivity index (χ4v) is 3.04. The summed E-state index contributed by atoms with van der Waals surface area (Å²) in [6.45, 7) is 6.12. The van der Waals surface area contributed by atoms with Crippen molar-refractivity contribution in [2.75, 3.05) is 23.3 Å². The molecule has 3 rings (SSSR count). The molecule has 0 radical (unpaired) electrons. The quantitative estimate of drug-likeness (QED) is 0.816. The molecule has 1 aromatic heterocycles. The van der Waals surface area contributed by atoms with Crippen molar-refractivity contribution in [3.05, 3.63) is 11.9 Å². The lowest BCUT2D eigenvalue weighted by atomic mass is 9.99. The number of rotatable bonds is 3. The van der Waals surface area contributed by atoms with Crippen molar-refractivity contribution in [2.45, 2.75) is 45.6 Å². The molecule has 2 N–H and O–H groups in total. The summed E-state index contributed by atoms with van der Waals surface area (Å²) >= 11 is 0. The SMILES string of the molecule is Cc1nc(NC2CCC(=O)NC2=O)cc(N2CCC(C)CC2)n1. The fraction of sp³-hybridized carbons (Fsp3) is 0.625. The van der Waals surface area contributed by atoms with Gasteiger partial charge in [0.05, 0.1) is 0 Å². The second-order valence-electron chi connectivity index (χ2n) is 6.48. The molecule has 23 heavy (non-hydrogen) atoms.